The van der Waals surface area contributed by atoms with Crippen molar-refractivity contribution in [3.63, 3.8) is 0 Å². The van der Waals surface area contributed by atoms with Gasteiger partial charge in [-0.1, -0.05) is 38.1 Å². The first-order chi connectivity index (χ1) is 13.6. The molecule has 1 fully saturated rings. The zero-order valence-corrected chi connectivity index (χ0v) is 16.9. The SMILES string of the molecule is CC(C)c1ccc(-c2cnc(CCC(=O)NCCCN3CCOCC3)o2)cc1. The van der Waals surface area contributed by atoms with E-state index in [-0.39, 0.29) is 5.91 Å². The molecule has 0 radical (unpaired) electrons. The average molecular weight is 386 g/mol. The fraction of sp³-hybridized carbons (Fsp3) is 0.545. The summed E-state index contributed by atoms with van der Waals surface area (Å²) in [6.07, 6.45) is 3.60. The molecule has 6 heteroatoms. The number of nitrogens with one attached hydrogen (secondary N) is 1. The molecule has 1 aliphatic heterocycles. The van der Waals surface area contributed by atoms with Crippen LogP contribution in [-0.2, 0) is 16.0 Å². The zero-order valence-electron chi connectivity index (χ0n) is 16.9. The maximum Gasteiger partial charge on any atom is 0.220 e. The van der Waals surface area contributed by atoms with Gasteiger partial charge in [0.1, 0.15) is 0 Å². The third kappa shape index (κ3) is 6.17. The molecule has 1 aromatic carbocycles. The summed E-state index contributed by atoms with van der Waals surface area (Å²) in [5.74, 6) is 1.90. The molecule has 6 nitrogen and oxygen atoms in total. The number of aromatic nitrogens is 1. The Morgan fingerprint density at radius 1 is 1.21 bits per heavy atom. The Kier molecular flexibility index (Phi) is 7.62. The summed E-state index contributed by atoms with van der Waals surface area (Å²) < 4.78 is 11.2. The average Bonchev–Trinajstić information content (AvgIpc) is 3.19. The van der Waals surface area contributed by atoms with Crippen molar-refractivity contribution in [2.45, 2.75) is 39.0 Å². The van der Waals surface area contributed by atoms with Crippen LogP contribution < -0.4 is 5.32 Å². The molecule has 0 saturated carbocycles. The second-order valence-electron chi connectivity index (χ2n) is 7.55. The normalized spacial score (nSPS) is 15.1. The highest BCUT2D eigenvalue weighted by Crippen LogP contribution is 2.23. The highest BCUT2D eigenvalue weighted by molar-refractivity contribution is 5.76. The topological polar surface area (TPSA) is 67.6 Å². The summed E-state index contributed by atoms with van der Waals surface area (Å²) >= 11 is 0. The van der Waals surface area contributed by atoms with Gasteiger partial charge in [0.25, 0.3) is 0 Å². The Bertz CT molecular complexity index is 734. The summed E-state index contributed by atoms with van der Waals surface area (Å²) in [5.41, 5.74) is 2.31. The Labute approximate surface area is 167 Å². The van der Waals surface area contributed by atoms with E-state index < -0.39 is 0 Å². The minimum Gasteiger partial charge on any atom is -0.441 e. The van der Waals surface area contributed by atoms with Crippen LogP contribution in [0.1, 0.15) is 44.1 Å². The van der Waals surface area contributed by atoms with Crippen molar-refractivity contribution in [3.8, 4) is 11.3 Å². The van der Waals surface area contributed by atoms with Crippen molar-refractivity contribution in [2.75, 3.05) is 39.4 Å². The number of carbonyl (C=O) groups excluding carboxylic acids is 1. The highest BCUT2D eigenvalue weighted by Gasteiger charge is 2.11. The molecule has 3 rings (SSSR count). The van der Waals surface area contributed by atoms with E-state index in [2.05, 4.69) is 53.3 Å². The van der Waals surface area contributed by atoms with Gasteiger partial charge < -0.3 is 14.5 Å². The molecule has 0 atom stereocenters. The summed E-state index contributed by atoms with van der Waals surface area (Å²) in [4.78, 5) is 18.7. The monoisotopic (exact) mass is 385 g/mol. The Morgan fingerprint density at radius 2 is 1.96 bits per heavy atom. The van der Waals surface area contributed by atoms with Crippen molar-refractivity contribution in [3.05, 3.63) is 41.9 Å². The lowest BCUT2D eigenvalue weighted by molar-refractivity contribution is -0.121. The Morgan fingerprint density at radius 3 is 2.68 bits per heavy atom. The number of carbonyl (C=O) groups is 1. The number of aryl methyl sites for hydroxylation is 1. The van der Waals surface area contributed by atoms with Crippen molar-refractivity contribution in [1.82, 2.24) is 15.2 Å². The van der Waals surface area contributed by atoms with Crippen LogP contribution in [0.4, 0.5) is 0 Å². The van der Waals surface area contributed by atoms with Gasteiger partial charge in [0.05, 0.1) is 19.4 Å². The zero-order chi connectivity index (χ0) is 19.8. The van der Waals surface area contributed by atoms with Crippen LogP contribution in [0, 0.1) is 0 Å². The summed E-state index contributed by atoms with van der Waals surface area (Å²) in [6.45, 7) is 9.65. The molecule has 1 amide bonds. The van der Waals surface area contributed by atoms with E-state index in [1.807, 2.05) is 0 Å². The van der Waals surface area contributed by atoms with Gasteiger partial charge in [0, 0.05) is 38.0 Å². The van der Waals surface area contributed by atoms with Crippen LogP contribution in [0.2, 0.25) is 0 Å². The maximum atomic E-state index is 12.0. The third-order valence-electron chi connectivity index (χ3n) is 5.06. The standard InChI is InChI=1S/C22H31N3O3/c1-17(2)18-4-6-19(7-5-18)20-16-24-22(28-20)9-8-21(26)23-10-3-11-25-12-14-27-15-13-25/h4-7,16-17H,3,8-15H2,1-2H3,(H,23,26). The molecule has 1 N–H and O–H groups in total. The number of hydrogen-bond acceptors (Lipinski definition) is 5. The number of amides is 1. The third-order valence-corrected chi connectivity index (χ3v) is 5.06. The smallest absolute Gasteiger partial charge is 0.220 e. The first-order valence-electron chi connectivity index (χ1n) is 10.2. The Balaban J connectivity index is 1.37. The molecule has 0 spiro atoms. The lowest BCUT2D eigenvalue weighted by Gasteiger charge is -2.26. The molecule has 28 heavy (non-hydrogen) atoms. The van der Waals surface area contributed by atoms with E-state index in [4.69, 9.17) is 9.15 Å². The van der Waals surface area contributed by atoms with Gasteiger partial charge >= 0.3 is 0 Å². The van der Waals surface area contributed by atoms with Crippen LogP contribution in [0.5, 0.6) is 0 Å². The summed E-state index contributed by atoms with van der Waals surface area (Å²) in [6, 6.07) is 8.35. The van der Waals surface area contributed by atoms with Gasteiger partial charge in [-0.05, 0) is 24.4 Å². The van der Waals surface area contributed by atoms with Crippen LogP contribution in [0.3, 0.4) is 0 Å². The largest absolute Gasteiger partial charge is 0.441 e. The van der Waals surface area contributed by atoms with Gasteiger partial charge in [-0.3, -0.25) is 9.69 Å². The first kappa shape index (κ1) is 20.6. The molecule has 1 aromatic heterocycles. The van der Waals surface area contributed by atoms with Crippen molar-refractivity contribution >= 4 is 5.91 Å². The van der Waals surface area contributed by atoms with Gasteiger partial charge in [-0.25, -0.2) is 4.98 Å². The van der Waals surface area contributed by atoms with Gasteiger partial charge in [0.2, 0.25) is 5.91 Å². The Hall–Kier alpha value is -2.18. The molecular weight excluding hydrogens is 354 g/mol. The number of rotatable bonds is 9. The molecule has 1 aliphatic rings. The predicted octanol–water partition coefficient (Wildman–Crippen LogP) is 3.24. The lowest BCUT2D eigenvalue weighted by atomic mass is 10.0. The van der Waals surface area contributed by atoms with E-state index >= 15 is 0 Å². The molecule has 152 valence electrons. The maximum absolute atomic E-state index is 12.0. The van der Waals surface area contributed by atoms with E-state index in [9.17, 15) is 4.79 Å². The van der Waals surface area contributed by atoms with Crippen LogP contribution in [0.25, 0.3) is 11.3 Å². The van der Waals surface area contributed by atoms with Gasteiger partial charge in [0.15, 0.2) is 11.7 Å². The number of ether oxygens (including phenoxy) is 1. The lowest BCUT2D eigenvalue weighted by Crippen LogP contribution is -2.38. The van der Waals surface area contributed by atoms with Crippen molar-refractivity contribution in [1.29, 1.82) is 0 Å². The van der Waals surface area contributed by atoms with Crippen LogP contribution >= 0.6 is 0 Å². The second-order valence-corrected chi connectivity index (χ2v) is 7.55. The van der Waals surface area contributed by atoms with E-state index in [1.165, 1.54) is 5.56 Å². The summed E-state index contributed by atoms with van der Waals surface area (Å²) in [7, 11) is 0. The number of oxazole rings is 1. The van der Waals surface area contributed by atoms with Gasteiger partial charge in [-0.15, -0.1) is 0 Å². The van der Waals surface area contributed by atoms with Crippen molar-refractivity contribution < 1.29 is 13.9 Å². The quantitative estimate of drug-likeness (QED) is 0.671. The molecule has 0 unspecified atom stereocenters. The van der Waals surface area contributed by atoms with Crippen LogP contribution in [-0.4, -0.2) is 55.2 Å². The van der Waals surface area contributed by atoms with E-state index in [1.54, 1.807) is 6.20 Å². The minimum absolute atomic E-state index is 0.0445. The molecule has 0 aliphatic carbocycles. The number of hydrogen-bond donors (Lipinski definition) is 1. The molecule has 2 aromatic rings. The molecule has 0 bridgehead atoms. The van der Waals surface area contributed by atoms with Crippen LogP contribution in [0.15, 0.2) is 34.9 Å². The minimum atomic E-state index is 0.0445. The van der Waals surface area contributed by atoms with Gasteiger partial charge in [-0.2, -0.15) is 0 Å². The molecule has 1 saturated heterocycles. The molecule has 2 heterocycles. The number of benzene rings is 1. The predicted molar refractivity (Wildman–Crippen MR) is 109 cm³/mol. The highest BCUT2D eigenvalue weighted by atomic mass is 16.5. The fourth-order valence-corrected chi connectivity index (χ4v) is 3.26. The number of nitrogens with zero attached hydrogens (tertiary/aromatic N) is 2. The van der Waals surface area contributed by atoms with E-state index in [0.717, 1.165) is 50.6 Å². The molecular formula is C22H31N3O3. The van der Waals surface area contributed by atoms with E-state index in [0.29, 0.717) is 31.2 Å². The summed E-state index contributed by atoms with van der Waals surface area (Å²) in [5, 5.41) is 2.98. The number of morpholine rings is 1. The second kappa shape index (κ2) is 10.4. The fourth-order valence-electron chi connectivity index (χ4n) is 3.26. The van der Waals surface area contributed by atoms with Crippen molar-refractivity contribution in [2.24, 2.45) is 0 Å². The first-order valence-corrected chi connectivity index (χ1v) is 10.2.